The molecule has 110 valence electrons. The van der Waals surface area contributed by atoms with Crippen molar-refractivity contribution in [2.45, 2.75) is 32.9 Å². The molecule has 0 radical (unpaired) electrons. The summed E-state index contributed by atoms with van der Waals surface area (Å²) < 4.78 is 6.63. The average Bonchev–Trinajstić information content (AvgIpc) is 2.99. The van der Waals surface area contributed by atoms with E-state index in [0.717, 1.165) is 11.3 Å². The fourth-order valence-electron chi connectivity index (χ4n) is 2.51. The molecule has 0 atom stereocenters. The van der Waals surface area contributed by atoms with E-state index in [1.807, 2.05) is 13.8 Å². The Morgan fingerprint density at radius 3 is 2.90 bits per heavy atom. The van der Waals surface area contributed by atoms with Crippen molar-refractivity contribution < 1.29 is 9.21 Å². The first-order valence-electron chi connectivity index (χ1n) is 7.00. The zero-order valence-corrected chi connectivity index (χ0v) is 12.1. The summed E-state index contributed by atoms with van der Waals surface area (Å²) in [6.45, 7) is 4.83. The fourth-order valence-corrected chi connectivity index (χ4v) is 2.51. The third-order valence-electron chi connectivity index (χ3n) is 3.61. The Hall–Kier alpha value is -2.37. The molecule has 0 saturated heterocycles. The molecule has 0 aliphatic carbocycles. The van der Waals surface area contributed by atoms with Crippen molar-refractivity contribution in [3.63, 3.8) is 0 Å². The van der Waals surface area contributed by atoms with Gasteiger partial charge in [-0.25, -0.2) is 4.68 Å². The first kappa shape index (κ1) is 13.6. The van der Waals surface area contributed by atoms with Gasteiger partial charge in [-0.05, 0) is 26.0 Å². The Morgan fingerprint density at radius 2 is 2.24 bits per heavy atom. The summed E-state index contributed by atoms with van der Waals surface area (Å²) in [7, 11) is 0. The molecule has 0 spiro atoms. The van der Waals surface area contributed by atoms with Crippen LogP contribution in [0, 0.1) is 0 Å². The third-order valence-corrected chi connectivity index (χ3v) is 3.61. The van der Waals surface area contributed by atoms with Crippen molar-refractivity contribution in [3.05, 3.63) is 51.8 Å². The molecule has 2 aromatic heterocycles. The van der Waals surface area contributed by atoms with Crippen molar-refractivity contribution in [1.82, 2.24) is 14.7 Å². The summed E-state index contributed by atoms with van der Waals surface area (Å²) in [5.41, 5.74) is 1.59. The van der Waals surface area contributed by atoms with E-state index >= 15 is 0 Å². The van der Waals surface area contributed by atoms with E-state index in [0.29, 0.717) is 25.3 Å². The van der Waals surface area contributed by atoms with Crippen LogP contribution in [-0.4, -0.2) is 27.1 Å². The van der Waals surface area contributed by atoms with Gasteiger partial charge >= 0.3 is 0 Å². The minimum Gasteiger partial charge on any atom is -0.459 e. The molecule has 0 saturated carbocycles. The number of carbonyl (C=O) groups excluding carboxylic acids is 1. The standard InChI is InChI=1S/C15H17N3O3/c1-10(2)18-14(19)8-11-9-17(6-5-12(11)16-18)15(20)13-4-3-7-21-13/h3-4,7-8,10H,5-6,9H2,1-2H3. The third kappa shape index (κ3) is 2.49. The molecule has 0 unspecified atom stereocenters. The predicted octanol–water partition coefficient (Wildman–Crippen LogP) is 1.62. The number of hydrogen-bond acceptors (Lipinski definition) is 4. The van der Waals surface area contributed by atoms with Gasteiger partial charge in [0.1, 0.15) is 0 Å². The van der Waals surface area contributed by atoms with Gasteiger partial charge in [0.25, 0.3) is 11.5 Å². The Balaban J connectivity index is 1.88. The lowest BCUT2D eigenvalue weighted by molar-refractivity contribution is 0.0700. The molecule has 21 heavy (non-hydrogen) atoms. The van der Waals surface area contributed by atoms with Gasteiger partial charge in [-0.1, -0.05) is 0 Å². The molecule has 6 heteroatoms. The van der Waals surface area contributed by atoms with Crippen molar-refractivity contribution in [2.75, 3.05) is 6.54 Å². The second-order valence-corrected chi connectivity index (χ2v) is 5.45. The lowest BCUT2D eigenvalue weighted by Crippen LogP contribution is -2.38. The number of nitrogens with zero attached hydrogens (tertiary/aromatic N) is 3. The van der Waals surface area contributed by atoms with Gasteiger partial charge < -0.3 is 9.32 Å². The van der Waals surface area contributed by atoms with Crippen molar-refractivity contribution in [2.24, 2.45) is 0 Å². The number of amides is 1. The first-order chi connectivity index (χ1) is 10.1. The zero-order chi connectivity index (χ0) is 15.0. The van der Waals surface area contributed by atoms with Crippen LogP contribution in [-0.2, 0) is 13.0 Å². The van der Waals surface area contributed by atoms with Crippen LogP contribution in [0.4, 0.5) is 0 Å². The molecule has 1 aliphatic heterocycles. The molecule has 1 amide bonds. The van der Waals surface area contributed by atoms with Gasteiger partial charge in [0.05, 0.1) is 18.0 Å². The first-order valence-corrected chi connectivity index (χ1v) is 7.00. The minimum atomic E-state index is -0.154. The van der Waals surface area contributed by atoms with Crippen LogP contribution in [0.15, 0.2) is 33.7 Å². The largest absolute Gasteiger partial charge is 0.459 e. The van der Waals surface area contributed by atoms with E-state index < -0.39 is 0 Å². The quantitative estimate of drug-likeness (QED) is 0.841. The molecule has 2 aromatic rings. The van der Waals surface area contributed by atoms with Gasteiger partial charge in [0.2, 0.25) is 0 Å². The van der Waals surface area contributed by atoms with Crippen LogP contribution in [0.5, 0.6) is 0 Å². The highest BCUT2D eigenvalue weighted by atomic mass is 16.3. The molecule has 3 rings (SSSR count). The molecule has 0 N–H and O–H groups in total. The Morgan fingerprint density at radius 1 is 1.43 bits per heavy atom. The number of furan rings is 1. The van der Waals surface area contributed by atoms with E-state index in [-0.39, 0.29) is 17.5 Å². The van der Waals surface area contributed by atoms with E-state index in [1.165, 1.54) is 10.9 Å². The Bertz CT molecular complexity index is 716. The Kier molecular flexibility index (Phi) is 3.37. The molecule has 1 aliphatic rings. The van der Waals surface area contributed by atoms with Gasteiger partial charge in [-0.3, -0.25) is 9.59 Å². The normalized spacial score (nSPS) is 14.3. The second kappa shape index (κ2) is 5.20. The number of aromatic nitrogens is 2. The van der Waals surface area contributed by atoms with Gasteiger partial charge in [0, 0.05) is 31.1 Å². The predicted molar refractivity (Wildman–Crippen MR) is 76.0 cm³/mol. The van der Waals surface area contributed by atoms with Gasteiger partial charge in [0.15, 0.2) is 5.76 Å². The topological polar surface area (TPSA) is 68.3 Å². The van der Waals surface area contributed by atoms with Crippen LogP contribution in [0.25, 0.3) is 0 Å². The van der Waals surface area contributed by atoms with Crippen molar-refractivity contribution >= 4 is 5.91 Å². The smallest absolute Gasteiger partial charge is 0.289 e. The zero-order valence-electron chi connectivity index (χ0n) is 12.1. The molecule has 0 fully saturated rings. The lowest BCUT2D eigenvalue weighted by atomic mass is 10.1. The highest BCUT2D eigenvalue weighted by molar-refractivity contribution is 5.91. The molecule has 6 nitrogen and oxygen atoms in total. The van der Waals surface area contributed by atoms with Gasteiger partial charge in [-0.2, -0.15) is 5.10 Å². The Labute approximate surface area is 122 Å². The number of fused-ring (bicyclic) bond motifs is 1. The van der Waals surface area contributed by atoms with E-state index in [1.54, 1.807) is 23.1 Å². The monoisotopic (exact) mass is 287 g/mol. The number of rotatable bonds is 2. The maximum atomic E-state index is 12.3. The summed E-state index contributed by atoms with van der Waals surface area (Å²) >= 11 is 0. The summed E-state index contributed by atoms with van der Waals surface area (Å²) in [6, 6.07) is 4.95. The second-order valence-electron chi connectivity index (χ2n) is 5.45. The summed E-state index contributed by atoms with van der Waals surface area (Å²) in [5.74, 6) is 0.167. The SMILES string of the molecule is CC(C)n1nc2c(cc1=O)CN(C(=O)c1ccco1)CC2. The number of hydrogen-bond donors (Lipinski definition) is 0. The maximum absolute atomic E-state index is 12.3. The minimum absolute atomic E-state index is 0.0329. The average molecular weight is 287 g/mol. The highest BCUT2D eigenvalue weighted by Crippen LogP contribution is 2.18. The lowest BCUT2D eigenvalue weighted by Gasteiger charge is -2.28. The molecule has 3 heterocycles. The summed E-state index contributed by atoms with van der Waals surface area (Å²) in [5, 5.41) is 4.41. The van der Waals surface area contributed by atoms with E-state index in [9.17, 15) is 9.59 Å². The fraction of sp³-hybridized carbons (Fsp3) is 0.400. The van der Waals surface area contributed by atoms with E-state index in [2.05, 4.69) is 5.10 Å². The van der Waals surface area contributed by atoms with Crippen LogP contribution in [0.1, 0.15) is 41.7 Å². The van der Waals surface area contributed by atoms with Crippen LogP contribution < -0.4 is 5.56 Å². The van der Waals surface area contributed by atoms with Crippen LogP contribution in [0.3, 0.4) is 0 Å². The van der Waals surface area contributed by atoms with E-state index in [4.69, 9.17) is 4.42 Å². The van der Waals surface area contributed by atoms with Crippen molar-refractivity contribution in [3.8, 4) is 0 Å². The van der Waals surface area contributed by atoms with Gasteiger partial charge in [-0.15, -0.1) is 0 Å². The summed E-state index contributed by atoms with van der Waals surface area (Å²) in [6.07, 6.45) is 2.13. The highest BCUT2D eigenvalue weighted by Gasteiger charge is 2.25. The van der Waals surface area contributed by atoms with Crippen molar-refractivity contribution in [1.29, 1.82) is 0 Å². The molecule has 0 bridgehead atoms. The van der Waals surface area contributed by atoms with Crippen LogP contribution >= 0.6 is 0 Å². The maximum Gasteiger partial charge on any atom is 0.289 e. The molecular formula is C15H17N3O3. The summed E-state index contributed by atoms with van der Waals surface area (Å²) in [4.78, 5) is 26.0. The number of carbonyl (C=O) groups is 1. The molecular weight excluding hydrogens is 270 g/mol. The van der Waals surface area contributed by atoms with Crippen LogP contribution in [0.2, 0.25) is 0 Å². The molecule has 0 aromatic carbocycles.